The van der Waals surface area contributed by atoms with E-state index in [9.17, 15) is 4.79 Å². The van der Waals surface area contributed by atoms with Crippen molar-refractivity contribution in [1.82, 2.24) is 5.43 Å². The SMILES string of the molecule is CCOc1ccc2oc(C(=O)N/N=C/c3ccc(Cl)s3)cc2c1. The van der Waals surface area contributed by atoms with Crippen molar-refractivity contribution < 1.29 is 13.9 Å². The number of furan rings is 1. The van der Waals surface area contributed by atoms with E-state index < -0.39 is 5.91 Å². The predicted octanol–water partition coefficient (Wildman–Crippen LogP) is 4.31. The van der Waals surface area contributed by atoms with Crippen LogP contribution in [0.15, 0.2) is 45.9 Å². The number of hydrogen-bond donors (Lipinski definition) is 1. The molecule has 0 atom stereocenters. The molecule has 118 valence electrons. The Morgan fingerprint density at radius 3 is 3.00 bits per heavy atom. The Kier molecular flexibility index (Phi) is 4.64. The van der Waals surface area contributed by atoms with E-state index in [1.54, 1.807) is 24.3 Å². The first-order chi connectivity index (χ1) is 11.2. The molecule has 0 aliphatic heterocycles. The van der Waals surface area contributed by atoms with Gasteiger partial charge in [0.25, 0.3) is 0 Å². The molecule has 0 unspecified atom stereocenters. The van der Waals surface area contributed by atoms with Crippen LogP contribution in [-0.2, 0) is 0 Å². The summed E-state index contributed by atoms with van der Waals surface area (Å²) < 4.78 is 11.6. The smallest absolute Gasteiger partial charge is 0.307 e. The molecule has 1 N–H and O–H groups in total. The van der Waals surface area contributed by atoms with Crippen molar-refractivity contribution in [1.29, 1.82) is 0 Å². The highest BCUT2D eigenvalue weighted by atomic mass is 35.5. The van der Waals surface area contributed by atoms with Crippen molar-refractivity contribution in [3.63, 3.8) is 0 Å². The normalized spacial score (nSPS) is 11.2. The van der Waals surface area contributed by atoms with Crippen LogP contribution >= 0.6 is 22.9 Å². The summed E-state index contributed by atoms with van der Waals surface area (Å²) in [6.07, 6.45) is 1.53. The van der Waals surface area contributed by atoms with Crippen molar-refractivity contribution in [3.05, 3.63) is 51.4 Å². The van der Waals surface area contributed by atoms with Crippen molar-refractivity contribution in [2.45, 2.75) is 6.92 Å². The molecule has 1 aromatic carbocycles. The van der Waals surface area contributed by atoms with Gasteiger partial charge in [0.05, 0.1) is 17.2 Å². The van der Waals surface area contributed by atoms with Gasteiger partial charge in [0.15, 0.2) is 5.76 Å². The third-order valence-corrected chi connectivity index (χ3v) is 4.14. The zero-order valence-electron chi connectivity index (χ0n) is 12.2. The fourth-order valence-corrected chi connectivity index (χ4v) is 2.93. The van der Waals surface area contributed by atoms with Gasteiger partial charge in [-0.15, -0.1) is 11.3 Å². The molecule has 0 fully saturated rings. The molecule has 2 aromatic heterocycles. The fourth-order valence-electron chi connectivity index (χ4n) is 2.00. The second-order valence-corrected chi connectivity index (χ2v) is 6.33. The minimum absolute atomic E-state index is 0.190. The molecule has 5 nitrogen and oxygen atoms in total. The number of rotatable bonds is 5. The molecule has 23 heavy (non-hydrogen) atoms. The lowest BCUT2D eigenvalue weighted by atomic mass is 10.2. The average molecular weight is 349 g/mol. The van der Waals surface area contributed by atoms with Crippen LogP contribution in [-0.4, -0.2) is 18.7 Å². The summed E-state index contributed by atoms with van der Waals surface area (Å²) in [4.78, 5) is 12.9. The number of ether oxygens (including phenoxy) is 1. The number of carbonyl (C=O) groups excluding carboxylic acids is 1. The van der Waals surface area contributed by atoms with E-state index in [2.05, 4.69) is 10.5 Å². The molecule has 0 aliphatic carbocycles. The van der Waals surface area contributed by atoms with E-state index in [1.807, 2.05) is 19.1 Å². The largest absolute Gasteiger partial charge is 0.494 e. The van der Waals surface area contributed by atoms with Crippen LogP contribution in [0.4, 0.5) is 0 Å². The van der Waals surface area contributed by atoms with Crippen LogP contribution in [0.3, 0.4) is 0 Å². The monoisotopic (exact) mass is 348 g/mol. The molecule has 2 heterocycles. The average Bonchev–Trinajstić information content (AvgIpc) is 3.13. The van der Waals surface area contributed by atoms with Crippen molar-refractivity contribution in [3.8, 4) is 5.75 Å². The Labute approximate surface area is 141 Å². The molecule has 0 saturated heterocycles. The van der Waals surface area contributed by atoms with Gasteiger partial charge in [-0.25, -0.2) is 5.43 Å². The topological polar surface area (TPSA) is 63.8 Å². The van der Waals surface area contributed by atoms with E-state index >= 15 is 0 Å². The molecule has 7 heteroatoms. The molecular weight excluding hydrogens is 336 g/mol. The third kappa shape index (κ3) is 3.72. The van der Waals surface area contributed by atoms with Gasteiger partial charge in [0, 0.05) is 10.3 Å². The predicted molar refractivity (Wildman–Crippen MR) is 91.8 cm³/mol. The quantitative estimate of drug-likeness (QED) is 0.552. The second-order valence-electron chi connectivity index (χ2n) is 4.58. The standard InChI is InChI=1S/C16H13ClN2O3S/c1-2-21-11-3-5-13-10(7-11)8-14(22-13)16(20)19-18-9-12-4-6-15(17)23-12/h3-9H,2H2,1H3,(H,19,20)/b18-9+. The summed E-state index contributed by atoms with van der Waals surface area (Å²) >= 11 is 7.20. The lowest BCUT2D eigenvalue weighted by molar-refractivity contribution is 0.0929. The Morgan fingerprint density at radius 2 is 2.26 bits per heavy atom. The van der Waals surface area contributed by atoms with Crippen molar-refractivity contribution in [2.75, 3.05) is 6.61 Å². The minimum Gasteiger partial charge on any atom is -0.494 e. The van der Waals surface area contributed by atoms with Crippen LogP contribution in [0.2, 0.25) is 4.34 Å². The number of hydrazone groups is 1. The molecule has 0 aliphatic rings. The van der Waals surface area contributed by atoms with Gasteiger partial charge in [-0.2, -0.15) is 5.10 Å². The first-order valence-electron chi connectivity index (χ1n) is 6.91. The lowest BCUT2D eigenvalue weighted by Gasteiger charge is -2.00. The number of nitrogens with zero attached hydrogens (tertiary/aromatic N) is 1. The van der Waals surface area contributed by atoms with Gasteiger partial charge in [-0.1, -0.05) is 11.6 Å². The van der Waals surface area contributed by atoms with Crippen LogP contribution in [0, 0.1) is 0 Å². The summed E-state index contributed by atoms with van der Waals surface area (Å²) in [6, 6.07) is 10.6. The highest BCUT2D eigenvalue weighted by Crippen LogP contribution is 2.24. The summed E-state index contributed by atoms with van der Waals surface area (Å²) in [5.74, 6) is 0.508. The van der Waals surface area contributed by atoms with Crippen molar-refractivity contribution >= 4 is 46.0 Å². The summed E-state index contributed by atoms with van der Waals surface area (Å²) in [5, 5.41) is 4.69. The molecule has 3 rings (SSSR count). The van der Waals surface area contributed by atoms with Crippen LogP contribution in [0.25, 0.3) is 11.0 Å². The number of amides is 1. The lowest BCUT2D eigenvalue weighted by Crippen LogP contribution is -2.16. The van der Waals surface area contributed by atoms with Gasteiger partial charge in [-0.3, -0.25) is 4.79 Å². The van der Waals surface area contributed by atoms with Crippen molar-refractivity contribution in [2.24, 2.45) is 5.10 Å². The number of fused-ring (bicyclic) bond motifs is 1. The Balaban J connectivity index is 1.71. The number of nitrogens with one attached hydrogen (secondary N) is 1. The van der Waals surface area contributed by atoms with Gasteiger partial charge in [-0.05, 0) is 43.3 Å². The zero-order valence-corrected chi connectivity index (χ0v) is 13.8. The maximum Gasteiger partial charge on any atom is 0.307 e. The summed E-state index contributed by atoms with van der Waals surface area (Å²) in [5.41, 5.74) is 3.04. The number of thiophene rings is 1. The molecule has 1 amide bonds. The molecule has 0 radical (unpaired) electrons. The van der Waals surface area contributed by atoms with E-state index in [0.29, 0.717) is 16.5 Å². The van der Waals surface area contributed by atoms with Gasteiger partial charge in [0.2, 0.25) is 0 Å². The van der Waals surface area contributed by atoms with E-state index in [1.165, 1.54) is 17.6 Å². The van der Waals surface area contributed by atoms with Gasteiger partial charge in [0.1, 0.15) is 11.3 Å². The molecular formula is C16H13ClN2O3S. The van der Waals surface area contributed by atoms with Gasteiger partial charge >= 0.3 is 5.91 Å². The highest BCUT2D eigenvalue weighted by molar-refractivity contribution is 7.17. The Bertz CT molecular complexity index is 869. The maximum atomic E-state index is 12.0. The minimum atomic E-state index is -0.418. The third-order valence-electron chi connectivity index (χ3n) is 2.97. The van der Waals surface area contributed by atoms with Crippen LogP contribution in [0.1, 0.15) is 22.4 Å². The van der Waals surface area contributed by atoms with E-state index in [-0.39, 0.29) is 5.76 Å². The molecule has 3 aromatic rings. The summed E-state index contributed by atoms with van der Waals surface area (Å²) in [7, 11) is 0. The highest BCUT2D eigenvalue weighted by Gasteiger charge is 2.12. The number of benzene rings is 1. The summed E-state index contributed by atoms with van der Waals surface area (Å²) in [6.45, 7) is 2.50. The fraction of sp³-hybridized carbons (Fsp3) is 0.125. The van der Waals surface area contributed by atoms with E-state index in [4.69, 9.17) is 20.8 Å². The number of halogens is 1. The first kappa shape index (κ1) is 15.6. The van der Waals surface area contributed by atoms with Crippen LogP contribution in [0.5, 0.6) is 5.75 Å². The zero-order chi connectivity index (χ0) is 16.2. The number of hydrogen-bond acceptors (Lipinski definition) is 5. The molecule has 0 spiro atoms. The first-order valence-corrected chi connectivity index (χ1v) is 8.10. The van der Waals surface area contributed by atoms with E-state index in [0.717, 1.165) is 16.0 Å². The Hall–Kier alpha value is -2.31. The molecule has 0 bridgehead atoms. The van der Waals surface area contributed by atoms with Crippen LogP contribution < -0.4 is 10.2 Å². The van der Waals surface area contributed by atoms with Gasteiger partial charge < -0.3 is 9.15 Å². The Morgan fingerprint density at radius 1 is 1.39 bits per heavy atom. The maximum absolute atomic E-state index is 12.0. The second kappa shape index (κ2) is 6.85. The molecule has 0 saturated carbocycles. The number of carbonyl (C=O) groups is 1.